The third kappa shape index (κ3) is 4.72. The van der Waals surface area contributed by atoms with Crippen LogP contribution >= 0.6 is 0 Å². The van der Waals surface area contributed by atoms with Crippen LogP contribution in [0.5, 0.6) is 5.75 Å². The van der Waals surface area contributed by atoms with E-state index in [0.29, 0.717) is 25.7 Å². The molecule has 0 aromatic heterocycles. The minimum atomic E-state index is -0.320. The predicted octanol–water partition coefficient (Wildman–Crippen LogP) is 2.04. The van der Waals surface area contributed by atoms with E-state index in [0.717, 1.165) is 11.4 Å². The van der Waals surface area contributed by atoms with Gasteiger partial charge in [-0.2, -0.15) is 0 Å². The van der Waals surface area contributed by atoms with Crippen LogP contribution in [-0.4, -0.2) is 37.8 Å². The van der Waals surface area contributed by atoms with E-state index >= 15 is 0 Å². The van der Waals surface area contributed by atoms with E-state index in [9.17, 15) is 4.79 Å². The Morgan fingerprint density at radius 2 is 2.33 bits per heavy atom. The lowest BCUT2D eigenvalue weighted by atomic mass is 10.1. The molecule has 0 bridgehead atoms. The van der Waals surface area contributed by atoms with Crippen LogP contribution < -0.4 is 15.4 Å². The fraction of sp³-hybridized carbons (Fsp3) is 0.562. The zero-order valence-electron chi connectivity index (χ0n) is 12.9. The molecule has 1 fully saturated rings. The molecule has 0 radical (unpaired) electrons. The zero-order valence-corrected chi connectivity index (χ0v) is 12.9. The van der Waals surface area contributed by atoms with Crippen molar-refractivity contribution in [1.29, 1.82) is 0 Å². The number of rotatable bonds is 5. The fourth-order valence-corrected chi connectivity index (χ4v) is 2.17. The Bertz CT molecular complexity index is 476. The second-order valence-electron chi connectivity index (χ2n) is 5.73. The van der Waals surface area contributed by atoms with Gasteiger partial charge in [0.15, 0.2) is 0 Å². The van der Waals surface area contributed by atoms with E-state index in [1.54, 1.807) is 0 Å². The van der Waals surface area contributed by atoms with Gasteiger partial charge in [0.1, 0.15) is 11.8 Å². The summed E-state index contributed by atoms with van der Waals surface area (Å²) in [6, 6.07) is 7.14. The summed E-state index contributed by atoms with van der Waals surface area (Å²) in [5.41, 5.74) is 0.737. The Hall–Kier alpha value is -1.59. The maximum Gasteiger partial charge on any atom is 0.244 e. The summed E-state index contributed by atoms with van der Waals surface area (Å²) in [5.74, 6) is 1.15. The van der Waals surface area contributed by atoms with E-state index in [-0.39, 0.29) is 18.1 Å². The summed E-state index contributed by atoms with van der Waals surface area (Å²) in [6.07, 6.45) is -0.126. The molecule has 1 aliphatic rings. The molecular formula is C16H24N2O3. The van der Waals surface area contributed by atoms with Crippen LogP contribution in [0.15, 0.2) is 24.3 Å². The van der Waals surface area contributed by atoms with Gasteiger partial charge in [-0.1, -0.05) is 19.9 Å². The number of benzene rings is 1. The summed E-state index contributed by atoms with van der Waals surface area (Å²) >= 11 is 0. The Morgan fingerprint density at radius 3 is 3.05 bits per heavy atom. The Kier molecular flexibility index (Phi) is 5.59. The molecule has 5 heteroatoms. The summed E-state index contributed by atoms with van der Waals surface area (Å²) in [7, 11) is 0. The molecule has 2 N–H and O–H groups in total. The lowest BCUT2D eigenvalue weighted by molar-refractivity contribution is -0.123. The largest absolute Gasteiger partial charge is 0.493 e. The Labute approximate surface area is 126 Å². The first-order valence-corrected chi connectivity index (χ1v) is 7.45. The van der Waals surface area contributed by atoms with Gasteiger partial charge in [-0.25, -0.2) is 0 Å². The van der Waals surface area contributed by atoms with Gasteiger partial charge in [-0.3, -0.25) is 4.79 Å². The zero-order chi connectivity index (χ0) is 15.2. The van der Waals surface area contributed by atoms with Crippen LogP contribution in [0.25, 0.3) is 0 Å². The van der Waals surface area contributed by atoms with Crippen LogP contribution in [0.2, 0.25) is 0 Å². The first-order chi connectivity index (χ1) is 10.1. The third-order valence-electron chi connectivity index (χ3n) is 3.28. The van der Waals surface area contributed by atoms with Crippen molar-refractivity contribution in [3.63, 3.8) is 0 Å². The van der Waals surface area contributed by atoms with E-state index in [1.165, 1.54) is 0 Å². The molecule has 0 aliphatic carbocycles. The van der Waals surface area contributed by atoms with Gasteiger partial charge in [0.25, 0.3) is 0 Å². The van der Waals surface area contributed by atoms with Crippen molar-refractivity contribution in [2.75, 3.05) is 25.1 Å². The highest BCUT2D eigenvalue weighted by Crippen LogP contribution is 2.18. The molecule has 21 heavy (non-hydrogen) atoms. The molecule has 2 atom stereocenters. The summed E-state index contributed by atoms with van der Waals surface area (Å²) in [6.45, 7) is 8.10. The SMILES string of the molecule is CC(C)COc1cccc(NC(=O)[C@H]2NCCO[C@@H]2C)c1. The van der Waals surface area contributed by atoms with Crippen molar-refractivity contribution < 1.29 is 14.3 Å². The number of ether oxygens (including phenoxy) is 2. The van der Waals surface area contributed by atoms with Crippen LogP contribution in [0.4, 0.5) is 5.69 Å². The van der Waals surface area contributed by atoms with Crippen molar-refractivity contribution >= 4 is 11.6 Å². The quantitative estimate of drug-likeness (QED) is 0.872. The molecule has 0 spiro atoms. The lowest BCUT2D eigenvalue weighted by Crippen LogP contribution is -2.53. The number of hydrogen-bond acceptors (Lipinski definition) is 4. The third-order valence-corrected chi connectivity index (χ3v) is 3.28. The van der Waals surface area contributed by atoms with Gasteiger partial charge < -0.3 is 20.1 Å². The summed E-state index contributed by atoms with van der Waals surface area (Å²) in [5, 5.41) is 6.08. The second-order valence-corrected chi connectivity index (χ2v) is 5.73. The lowest BCUT2D eigenvalue weighted by Gasteiger charge is -2.29. The molecule has 1 saturated heterocycles. The topological polar surface area (TPSA) is 59.6 Å². The van der Waals surface area contributed by atoms with Crippen molar-refractivity contribution in [2.24, 2.45) is 5.92 Å². The van der Waals surface area contributed by atoms with Crippen molar-refractivity contribution in [2.45, 2.75) is 32.9 Å². The van der Waals surface area contributed by atoms with Crippen molar-refractivity contribution in [3.05, 3.63) is 24.3 Å². The van der Waals surface area contributed by atoms with Gasteiger partial charge >= 0.3 is 0 Å². The van der Waals surface area contributed by atoms with Crippen LogP contribution in [0.1, 0.15) is 20.8 Å². The predicted molar refractivity (Wildman–Crippen MR) is 82.6 cm³/mol. The average Bonchev–Trinajstić information content (AvgIpc) is 2.46. The molecule has 2 rings (SSSR count). The molecule has 0 unspecified atom stereocenters. The highest BCUT2D eigenvalue weighted by Gasteiger charge is 2.28. The minimum absolute atomic E-state index is 0.0804. The molecule has 116 valence electrons. The normalized spacial score (nSPS) is 22.1. The van der Waals surface area contributed by atoms with E-state index < -0.39 is 0 Å². The van der Waals surface area contributed by atoms with Gasteiger partial charge in [-0.15, -0.1) is 0 Å². The number of nitrogens with one attached hydrogen (secondary N) is 2. The van der Waals surface area contributed by atoms with Crippen molar-refractivity contribution in [3.8, 4) is 5.75 Å². The standard InChI is InChI=1S/C16H24N2O3/c1-11(2)10-21-14-6-4-5-13(9-14)18-16(19)15-12(3)20-8-7-17-15/h4-6,9,11-12,15,17H,7-8,10H2,1-3H3,(H,18,19)/t12-,15+/m1/s1. The summed E-state index contributed by atoms with van der Waals surface area (Å²) in [4.78, 5) is 12.3. The van der Waals surface area contributed by atoms with E-state index in [2.05, 4.69) is 24.5 Å². The van der Waals surface area contributed by atoms with Gasteiger partial charge in [0.2, 0.25) is 5.91 Å². The van der Waals surface area contributed by atoms with Gasteiger partial charge in [0, 0.05) is 18.3 Å². The number of anilines is 1. The maximum atomic E-state index is 12.3. The first kappa shape index (κ1) is 15.8. The van der Waals surface area contributed by atoms with Gasteiger partial charge in [-0.05, 0) is 25.0 Å². The Morgan fingerprint density at radius 1 is 1.52 bits per heavy atom. The first-order valence-electron chi connectivity index (χ1n) is 7.45. The fourth-order valence-electron chi connectivity index (χ4n) is 2.17. The number of hydrogen-bond donors (Lipinski definition) is 2. The molecule has 5 nitrogen and oxygen atoms in total. The number of amides is 1. The molecule has 1 aromatic rings. The molecule has 1 aliphatic heterocycles. The maximum absolute atomic E-state index is 12.3. The van der Waals surface area contributed by atoms with Gasteiger partial charge in [0.05, 0.1) is 19.3 Å². The summed E-state index contributed by atoms with van der Waals surface area (Å²) < 4.78 is 11.2. The monoisotopic (exact) mass is 292 g/mol. The van der Waals surface area contributed by atoms with Crippen LogP contribution in [-0.2, 0) is 9.53 Å². The molecule has 1 amide bonds. The van der Waals surface area contributed by atoms with E-state index in [4.69, 9.17) is 9.47 Å². The molecule has 1 aromatic carbocycles. The van der Waals surface area contributed by atoms with E-state index in [1.807, 2.05) is 31.2 Å². The molecular weight excluding hydrogens is 268 g/mol. The smallest absolute Gasteiger partial charge is 0.244 e. The second kappa shape index (κ2) is 7.43. The average molecular weight is 292 g/mol. The highest BCUT2D eigenvalue weighted by atomic mass is 16.5. The highest BCUT2D eigenvalue weighted by molar-refractivity contribution is 5.95. The molecule has 1 heterocycles. The van der Waals surface area contributed by atoms with Crippen molar-refractivity contribution in [1.82, 2.24) is 5.32 Å². The Balaban J connectivity index is 1.95. The van der Waals surface area contributed by atoms with Crippen LogP contribution in [0.3, 0.4) is 0 Å². The number of morpholine rings is 1. The number of carbonyl (C=O) groups excluding carboxylic acids is 1. The molecule has 0 saturated carbocycles. The van der Waals surface area contributed by atoms with Crippen LogP contribution in [0, 0.1) is 5.92 Å². The minimum Gasteiger partial charge on any atom is -0.493 e. The number of carbonyl (C=O) groups is 1.